The van der Waals surface area contributed by atoms with Gasteiger partial charge in [0, 0.05) is 52.7 Å². The molecule has 1 atom stereocenters. The van der Waals surface area contributed by atoms with Crippen LogP contribution in [0, 0.1) is 0 Å². The molecule has 2 saturated heterocycles. The topological polar surface area (TPSA) is 73.0 Å². The standard InChI is InChI=1S/C12H24N4O3S/c1-14(2)20(18,19)16-8-6-15(7-9-16)12(17)10-11-4-3-5-13-11/h11,13H,3-10H2,1-2H3. The summed E-state index contributed by atoms with van der Waals surface area (Å²) in [6, 6.07) is 0.297. The van der Waals surface area contributed by atoms with E-state index in [9.17, 15) is 13.2 Å². The average molecular weight is 304 g/mol. The second-order valence-electron chi connectivity index (χ2n) is 5.57. The third-order valence-corrected chi connectivity index (χ3v) is 5.90. The Hall–Kier alpha value is -0.700. The SMILES string of the molecule is CN(C)S(=O)(=O)N1CCN(C(=O)CC2CCCN2)CC1. The highest BCUT2D eigenvalue weighted by molar-refractivity contribution is 7.86. The quantitative estimate of drug-likeness (QED) is 0.729. The van der Waals surface area contributed by atoms with Crippen molar-refractivity contribution in [2.45, 2.75) is 25.3 Å². The molecule has 2 heterocycles. The van der Waals surface area contributed by atoms with E-state index in [2.05, 4.69) is 5.32 Å². The van der Waals surface area contributed by atoms with Crippen molar-refractivity contribution in [1.82, 2.24) is 18.8 Å². The molecule has 20 heavy (non-hydrogen) atoms. The lowest BCUT2D eigenvalue weighted by molar-refractivity contribution is -0.132. The molecule has 0 saturated carbocycles. The van der Waals surface area contributed by atoms with Gasteiger partial charge in [0.05, 0.1) is 0 Å². The van der Waals surface area contributed by atoms with E-state index in [-0.39, 0.29) is 5.91 Å². The number of rotatable bonds is 4. The first-order valence-electron chi connectivity index (χ1n) is 7.10. The van der Waals surface area contributed by atoms with Gasteiger partial charge in [0.1, 0.15) is 0 Å². The van der Waals surface area contributed by atoms with Crippen molar-refractivity contribution < 1.29 is 13.2 Å². The first-order valence-corrected chi connectivity index (χ1v) is 8.49. The van der Waals surface area contributed by atoms with E-state index in [1.54, 1.807) is 4.90 Å². The lowest BCUT2D eigenvalue weighted by atomic mass is 10.1. The van der Waals surface area contributed by atoms with Gasteiger partial charge in [-0.1, -0.05) is 0 Å². The molecule has 0 aliphatic carbocycles. The summed E-state index contributed by atoms with van der Waals surface area (Å²) in [5.41, 5.74) is 0. The molecule has 2 aliphatic heterocycles. The summed E-state index contributed by atoms with van der Waals surface area (Å²) in [5, 5.41) is 3.31. The van der Waals surface area contributed by atoms with Crippen LogP contribution in [0.3, 0.4) is 0 Å². The molecule has 116 valence electrons. The lowest BCUT2D eigenvalue weighted by Crippen LogP contribution is -2.53. The Bertz CT molecular complexity index is 438. The highest BCUT2D eigenvalue weighted by Crippen LogP contribution is 2.14. The van der Waals surface area contributed by atoms with E-state index in [1.807, 2.05) is 0 Å². The molecule has 0 spiro atoms. The Morgan fingerprint density at radius 1 is 1.25 bits per heavy atom. The summed E-state index contributed by atoms with van der Waals surface area (Å²) in [4.78, 5) is 13.9. The van der Waals surface area contributed by atoms with Gasteiger partial charge >= 0.3 is 0 Å². The highest BCUT2D eigenvalue weighted by atomic mass is 32.2. The van der Waals surface area contributed by atoms with Crippen LogP contribution in [0.1, 0.15) is 19.3 Å². The predicted octanol–water partition coefficient (Wildman–Crippen LogP) is -0.921. The van der Waals surface area contributed by atoms with Crippen molar-refractivity contribution in [1.29, 1.82) is 0 Å². The largest absolute Gasteiger partial charge is 0.340 e. The normalized spacial score (nSPS) is 25.4. The number of nitrogens with zero attached hydrogens (tertiary/aromatic N) is 3. The summed E-state index contributed by atoms with van der Waals surface area (Å²) < 4.78 is 26.6. The van der Waals surface area contributed by atoms with Gasteiger partial charge in [0.2, 0.25) is 5.91 Å². The Morgan fingerprint density at radius 3 is 2.40 bits per heavy atom. The highest BCUT2D eigenvalue weighted by Gasteiger charge is 2.31. The number of hydrogen-bond acceptors (Lipinski definition) is 4. The molecule has 1 unspecified atom stereocenters. The number of carbonyl (C=O) groups excluding carboxylic acids is 1. The van der Waals surface area contributed by atoms with Crippen molar-refractivity contribution in [3.63, 3.8) is 0 Å². The smallest absolute Gasteiger partial charge is 0.281 e. The summed E-state index contributed by atoms with van der Waals surface area (Å²) in [5.74, 6) is 0.131. The molecule has 2 aliphatic rings. The molecular formula is C12H24N4O3S. The fourth-order valence-corrected chi connectivity index (χ4v) is 3.76. The minimum absolute atomic E-state index is 0.131. The van der Waals surface area contributed by atoms with Gasteiger partial charge in [-0.2, -0.15) is 17.0 Å². The van der Waals surface area contributed by atoms with Crippen LogP contribution < -0.4 is 5.32 Å². The van der Waals surface area contributed by atoms with Gasteiger partial charge in [-0.15, -0.1) is 0 Å². The molecule has 0 bridgehead atoms. The minimum atomic E-state index is -3.36. The summed E-state index contributed by atoms with van der Waals surface area (Å²) in [6.07, 6.45) is 2.72. The van der Waals surface area contributed by atoms with E-state index < -0.39 is 10.2 Å². The average Bonchev–Trinajstić information content (AvgIpc) is 2.91. The monoisotopic (exact) mass is 304 g/mol. The first-order chi connectivity index (χ1) is 9.41. The second kappa shape index (κ2) is 6.38. The molecule has 0 radical (unpaired) electrons. The summed E-state index contributed by atoms with van der Waals surface area (Å²) in [7, 11) is -0.302. The Morgan fingerprint density at radius 2 is 1.90 bits per heavy atom. The van der Waals surface area contributed by atoms with Crippen molar-refractivity contribution in [3.05, 3.63) is 0 Å². The fraction of sp³-hybridized carbons (Fsp3) is 0.917. The number of carbonyl (C=O) groups is 1. The van der Waals surface area contributed by atoms with Gasteiger partial charge in [-0.25, -0.2) is 0 Å². The van der Waals surface area contributed by atoms with Crippen molar-refractivity contribution >= 4 is 16.1 Å². The third-order valence-electron chi connectivity index (χ3n) is 3.96. The van der Waals surface area contributed by atoms with Gasteiger partial charge in [0.25, 0.3) is 10.2 Å². The van der Waals surface area contributed by atoms with E-state index in [0.29, 0.717) is 38.6 Å². The second-order valence-corrected chi connectivity index (χ2v) is 7.71. The van der Waals surface area contributed by atoms with Crippen LogP contribution in [0.25, 0.3) is 0 Å². The van der Waals surface area contributed by atoms with Gasteiger partial charge in [0.15, 0.2) is 0 Å². The number of hydrogen-bond donors (Lipinski definition) is 1. The zero-order valence-corrected chi connectivity index (χ0v) is 13.0. The molecule has 0 aromatic heterocycles. The number of amides is 1. The molecule has 0 aromatic carbocycles. The minimum Gasteiger partial charge on any atom is -0.340 e. The molecule has 7 nitrogen and oxygen atoms in total. The van der Waals surface area contributed by atoms with Crippen molar-refractivity contribution in [3.8, 4) is 0 Å². The van der Waals surface area contributed by atoms with Gasteiger partial charge < -0.3 is 10.2 Å². The van der Waals surface area contributed by atoms with E-state index in [1.165, 1.54) is 22.7 Å². The molecule has 2 fully saturated rings. The van der Waals surface area contributed by atoms with Gasteiger partial charge in [-0.3, -0.25) is 4.79 Å². The molecule has 0 aromatic rings. The van der Waals surface area contributed by atoms with Crippen LogP contribution in [0.15, 0.2) is 0 Å². The van der Waals surface area contributed by atoms with E-state index in [4.69, 9.17) is 0 Å². The maximum atomic E-state index is 12.2. The van der Waals surface area contributed by atoms with Gasteiger partial charge in [-0.05, 0) is 19.4 Å². The molecular weight excluding hydrogens is 280 g/mol. The fourth-order valence-electron chi connectivity index (χ4n) is 2.67. The number of piperazine rings is 1. The third kappa shape index (κ3) is 3.49. The summed E-state index contributed by atoms with van der Waals surface area (Å²) >= 11 is 0. The number of nitrogens with one attached hydrogen (secondary N) is 1. The Kier molecular flexibility index (Phi) is 5.00. The maximum Gasteiger partial charge on any atom is 0.281 e. The zero-order chi connectivity index (χ0) is 14.8. The zero-order valence-electron chi connectivity index (χ0n) is 12.2. The Labute approximate surface area is 121 Å². The van der Waals surface area contributed by atoms with Crippen LogP contribution in [0.2, 0.25) is 0 Å². The molecule has 2 rings (SSSR count). The molecule has 8 heteroatoms. The maximum absolute atomic E-state index is 12.2. The lowest BCUT2D eigenvalue weighted by Gasteiger charge is -2.35. The molecule has 1 N–H and O–H groups in total. The van der Waals surface area contributed by atoms with E-state index in [0.717, 1.165) is 19.4 Å². The van der Waals surface area contributed by atoms with Crippen molar-refractivity contribution in [2.24, 2.45) is 0 Å². The molecule has 1 amide bonds. The van der Waals surface area contributed by atoms with Crippen molar-refractivity contribution in [2.75, 3.05) is 46.8 Å². The van der Waals surface area contributed by atoms with Crippen LogP contribution in [-0.2, 0) is 15.0 Å². The first kappa shape index (κ1) is 15.7. The van der Waals surface area contributed by atoms with E-state index >= 15 is 0 Å². The predicted molar refractivity (Wildman–Crippen MR) is 76.4 cm³/mol. The van der Waals surface area contributed by atoms with Crippen LogP contribution >= 0.6 is 0 Å². The Balaban J connectivity index is 1.83. The van der Waals surface area contributed by atoms with Crippen LogP contribution in [0.4, 0.5) is 0 Å². The van der Waals surface area contributed by atoms with Crippen LogP contribution in [-0.4, -0.2) is 80.7 Å². The van der Waals surface area contributed by atoms with Crippen LogP contribution in [0.5, 0.6) is 0 Å². The summed E-state index contributed by atoms with van der Waals surface area (Å²) in [6.45, 7) is 2.72.